The predicted octanol–water partition coefficient (Wildman–Crippen LogP) is -0.919. The lowest BCUT2D eigenvalue weighted by Crippen LogP contribution is -2.26. The normalized spacial score (nSPS) is 20.8. The van der Waals surface area contributed by atoms with Gasteiger partial charge in [-0.15, -0.1) is 0 Å². The number of primary amides is 1. The van der Waals surface area contributed by atoms with Crippen LogP contribution in [0.2, 0.25) is 0 Å². The van der Waals surface area contributed by atoms with Crippen molar-refractivity contribution in [3.63, 3.8) is 0 Å². The van der Waals surface area contributed by atoms with Gasteiger partial charge in [0.05, 0.1) is 5.92 Å². The van der Waals surface area contributed by atoms with Crippen molar-refractivity contribution in [2.24, 2.45) is 11.7 Å². The lowest BCUT2D eigenvalue weighted by Gasteiger charge is -2.06. The van der Waals surface area contributed by atoms with Gasteiger partial charge in [-0.05, 0) is 6.92 Å². The SMILES string of the molecule is CC(=O)C1=CNC(=O)C1CC(N)=O. The van der Waals surface area contributed by atoms with Gasteiger partial charge in [-0.2, -0.15) is 0 Å². The molecule has 1 rings (SSSR count). The van der Waals surface area contributed by atoms with Gasteiger partial charge in [0.25, 0.3) is 0 Å². The van der Waals surface area contributed by atoms with E-state index in [0.717, 1.165) is 0 Å². The third-order valence-electron chi connectivity index (χ3n) is 1.87. The number of hydrogen-bond donors (Lipinski definition) is 2. The molecule has 1 heterocycles. The van der Waals surface area contributed by atoms with Crippen LogP contribution in [-0.4, -0.2) is 17.6 Å². The quantitative estimate of drug-likeness (QED) is 0.591. The molecule has 1 aliphatic heterocycles. The molecule has 70 valence electrons. The molecule has 0 saturated heterocycles. The maximum Gasteiger partial charge on any atom is 0.232 e. The molecule has 2 amide bonds. The molecular formula is C8H10N2O3. The van der Waals surface area contributed by atoms with E-state index in [1.165, 1.54) is 13.1 Å². The van der Waals surface area contributed by atoms with Crippen LogP contribution in [0.25, 0.3) is 0 Å². The highest BCUT2D eigenvalue weighted by Gasteiger charge is 2.31. The van der Waals surface area contributed by atoms with E-state index in [1.54, 1.807) is 0 Å². The summed E-state index contributed by atoms with van der Waals surface area (Å²) >= 11 is 0. The van der Waals surface area contributed by atoms with Crippen LogP contribution in [0.15, 0.2) is 11.8 Å². The molecule has 1 atom stereocenters. The third kappa shape index (κ3) is 1.93. The Kier molecular flexibility index (Phi) is 2.46. The second kappa shape index (κ2) is 3.38. The van der Waals surface area contributed by atoms with Crippen LogP contribution < -0.4 is 11.1 Å². The lowest BCUT2D eigenvalue weighted by molar-refractivity contribution is -0.127. The summed E-state index contributed by atoms with van der Waals surface area (Å²) in [6, 6.07) is 0. The first-order valence-corrected chi connectivity index (χ1v) is 3.82. The van der Waals surface area contributed by atoms with E-state index < -0.39 is 11.8 Å². The molecular weight excluding hydrogens is 172 g/mol. The zero-order valence-corrected chi connectivity index (χ0v) is 7.16. The monoisotopic (exact) mass is 182 g/mol. The number of carbonyl (C=O) groups is 3. The van der Waals surface area contributed by atoms with Crippen molar-refractivity contribution in [3.05, 3.63) is 11.8 Å². The van der Waals surface area contributed by atoms with Gasteiger partial charge in [0, 0.05) is 18.2 Å². The minimum absolute atomic E-state index is 0.114. The first-order valence-electron chi connectivity index (χ1n) is 3.82. The zero-order valence-electron chi connectivity index (χ0n) is 7.16. The molecule has 13 heavy (non-hydrogen) atoms. The van der Waals surface area contributed by atoms with E-state index in [2.05, 4.69) is 5.32 Å². The highest BCUT2D eigenvalue weighted by Crippen LogP contribution is 2.20. The summed E-state index contributed by atoms with van der Waals surface area (Å²) in [6.45, 7) is 1.35. The van der Waals surface area contributed by atoms with E-state index in [1.807, 2.05) is 0 Å². The second-order valence-electron chi connectivity index (χ2n) is 2.89. The van der Waals surface area contributed by atoms with Gasteiger partial charge in [0.1, 0.15) is 0 Å². The molecule has 0 saturated carbocycles. The van der Waals surface area contributed by atoms with Gasteiger partial charge in [-0.25, -0.2) is 0 Å². The molecule has 3 N–H and O–H groups in total. The number of nitrogens with two attached hydrogens (primary N) is 1. The molecule has 1 aliphatic rings. The zero-order chi connectivity index (χ0) is 10.0. The minimum atomic E-state index is -0.699. The van der Waals surface area contributed by atoms with E-state index >= 15 is 0 Å². The number of rotatable bonds is 3. The molecule has 0 aromatic heterocycles. The predicted molar refractivity (Wildman–Crippen MR) is 44.2 cm³/mol. The topological polar surface area (TPSA) is 89.3 Å². The van der Waals surface area contributed by atoms with Gasteiger partial charge in [-0.3, -0.25) is 14.4 Å². The van der Waals surface area contributed by atoms with Crippen molar-refractivity contribution in [3.8, 4) is 0 Å². The summed E-state index contributed by atoms with van der Waals surface area (Å²) in [4.78, 5) is 32.6. The molecule has 5 nitrogen and oxygen atoms in total. The van der Waals surface area contributed by atoms with Crippen LogP contribution in [0.4, 0.5) is 0 Å². The average Bonchev–Trinajstić information content (AvgIpc) is 2.32. The lowest BCUT2D eigenvalue weighted by atomic mass is 9.95. The summed E-state index contributed by atoms with van der Waals surface area (Å²) in [5, 5.41) is 2.38. The van der Waals surface area contributed by atoms with Crippen LogP contribution in [0, 0.1) is 5.92 Å². The van der Waals surface area contributed by atoms with Gasteiger partial charge < -0.3 is 11.1 Å². The van der Waals surface area contributed by atoms with Crippen LogP contribution in [-0.2, 0) is 14.4 Å². The van der Waals surface area contributed by atoms with Gasteiger partial charge in [0.15, 0.2) is 5.78 Å². The maximum absolute atomic E-state index is 11.1. The summed E-state index contributed by atoms with van der Waals surface area (Å²) in [6.07, 6.45) is 1.22. The molecule has 0 aromatic carbocycles. The van der Waals surface area contributed by atoms with E-state index in [9.17, 15) is 14.4 Å². The van der Waals surface area contributed by atoms with Gasteiger partial charge in [-0.1, -0.05) is 0 Å². The number of hydrogen-bond acceptors (Lipinski definition) is 3. The van der Waals surface area contributed by atoms with Crippen molar-refractivity contribution >= 4 is 17.6 Å². The van der Waals surface area contributed by atoms with Crippen molar-refractivity contribution in [2.45, 2.75) is 13.3 Å². The Balaban J connectivity index is 2.80. The number of ketones is 1. The Morgan fingerprint density at radius 3 is 2.69 bits per heavy atom. The van der Waals surface area contributed by atoms with Gasteiger partial charge in [0.2, 0.25) is 11.8 Å². The Bertz CT molecular complexity index is 307. The molecule has 0 bridgehead atoms. The fourth-order valence-electron chi connectivity index (χ4n) is 1.24. The molecule has 1 unspecified atom stereocenters. The first-order chi connectivity index (χ1) is 6.02. The van der Waals surface area contributed by atoms with Crippen LogP contribution in [0.1, 0.15) is 13.3 Å². The Morgan fingerprint density at radius 1 is 1.62 bits per heavy atom. The van der Waals surface area contributed by atoms with Crippen molar-refractivity contribution in [1.29, 1.82) is 0 Å². The smallest absolute Gasteiger partial charge is 0.232 e. The van der Waals surface area contributed by atoms with E-state index in [0.29, 0.717) is 5.57 Å². The number of Topliss-reactive ketones (excluding diaryl/α,β-unsaturated/α-hetero) is 1. The van der Waals surface area contributed by atoms with Crippen molar-refractivity contribution in [2.75, 3.05) is 0 Å². The van der Waals surface area contributed by atoms with Gasteiger partial charge >= 0.3 is 0 Å². The first kappa shape index (κ1) is 9.44. The summed E-state index contributed by atoms with van der Waals surface area (Å²) < 4.78 is 0. The fraction of sp³-hybridized carbons (Fsp3) is 0.375. The number of amides is 2. The van der Waals surface area contributed by atoms with Crippen molar-refractivity contribution in [1.82, 2.24) is 5.32 Å². The molecule has 0 fully saturated rings. The minimum Gasteiger partial charge on any atom is -0.370 e. The molecule has 0 spiro atoms. The maximum atomic E-state index is 11.1. The Hall–Kier alpha value is -1.65. The number of carbonyl (C=O) groups excluding carboxylic acids is 3. The molecule has 0 aliphatic carbocycles. The summed E-state index contributed by atoms with van der Waals surface area (Å²) in [7, 11) is 0. The van der Waals surface area contributed by atoms with Crippen LogP contribution in [0.3, 0.4) is 0 Å². The second-order valence-corrected chi connectivity index (χ2v) is 2.89. The average molecular weight is 182 g/mol. The molecule has 0 radical (unpaired) electrons. The molecule has 0 aromatic rings. The number of nitrogens with one attached hydrogen (secondary N) is 1. The fourth-order valence-corrected chi connectivity index (χ4v) is 1.24. The Morgan fingerprint density at radius 2 is 2.23 bits per heavy atom. The highest BCUT2D eigenvalue weighted by molar-refractivity contribution is 6.04. The van der Waals surface area contributed by atoms with E-state index in [4.69, 9.17) is 5.73 Å². The largest absolute Gasteiger partial charge is 0.370 e. The highest BCUT2D eigenvalue weighted by atomic mass is 16.2. The van der Waals surface area contributed by atoms with E-state index in [-0.39, 0.29) is 18.1 Å². The van der Waals surface area contributed by atoms with Crippen LogP contribution in [0.5, 0.6) is 0 Å². The summed E-state index contributed by atoms with van der Waals surface area (Å²) in [5.74, 6) is -1.85. The third-order valence-corrected chi connectivity index (χ3v) is 1.87. The summed E-state index contributed by atoms with van der Waals surface area (Å²) in [5.41, 5.74) is 5.26. The van der Waals surface area contributed by atoms with Crippen molar-refractivity contribution < 1.29 is 14.4 Å². The molecule has 5 heteroatoms. The Labute approximate surface area is 75.0 Å². The van der Waals surface area contributed by atoms with Crippen LogP contribution >= 0.6 is 0 Å². The standard InChI is InChI=1S/C8H10N2O3/c1-4(11)6-3-10-8(13)5(6)2-7(9)12/h3,5H,2H2,1H3,(H2,9,12)(H,10,13).